The van der Waals surface area contributed by atoms with Gasteiger partial charge in [0.1, 0.15) is 24.4 Å². The summed E-state index contributed by atoms with van der Waals surface area (Å²) in [5.74, 6) is -5.26. The Labute approximate surface area is 339 Å². The fourth-order valence-electron chi connectivity index (χ4n) is 10.3. The lowest BCUT2D eigenvalue weighted by Crippen LogP contribution is -2.60. The Morgan fingerprint density at radius 2 is 0.875 bits per heavy atom. The topological polar surface area (TPSA) is 167 Å². The van der Waals surface area contributed by atoms with E-state index in [9.17, 15) is 19.2 Å². The lowest BCUT2D eigenvalue weighted by Gasteiger charge is -2.46. The highest BCUT2D eigenvalue weighted by Gasteiger charge is 2.47. The summed E-state index contributed by atoms with van der Waals surface area (Å²) in [5, 5.41) is 10.8. The summed E-state index contributed by atoms with van der Waals surface area (Å²) < 4.78 is 24.7. The van der Waals surface area contributed by atoms with Crippen LogP contribution in [0.15, 0.2) is 0 Å². The van der Waals surface area contributed by atoms with Crippen molar-refractivity contribution in [2.45, 2.75) is 238 Å². The molecular formula is C44H80N4O8. The number of ether oxygens (including phenoxy) is 4. The third-order valence-electron chi connectivity index (χ3n) is 11.0. The van der Waals surface area contributed by atoms with E-state index in [0.717, 1.165) is 0 Å². The number of nitrogens with one attached hydrogen (secondary N) is 3. The minimum Gasteiger partial charge on any atom is -0.462 e. The molecule has 56 heavy (non-hydrogen) atoms. The van der Waals surface area contributed by atoms with Crippen LogP contribution in [0, 0.1) is 17.8 Å². The largest absolute Gasteiger partial charge is 0.462 e. The quantitative estimate of drug-likeness (QED) is 0.103. The van der Waals surface area contributed by atoms with Crippen molar-refractivity contribution in [3.05, 3.63) is 0 Å². The molecule has 0 aromatic carbocycles. The summed E-state index contributed by atoms with van der Waals surface area (Å²) in [6.45, 7) is 32.5. The second kappa shape index (κ2) is 17.5. The summed E-state index contributed by atoms with van der Waals surface area (Å²) in [7, 11) is 0. The van der Waals surface area contributed by atoms with E-state index in [1.165, 1.54) is 0 Å². The maximum absolute atomic E-state index is 14.6. The molecule has 0 bridgehead atoms. The second-order valence-corrected chi connectivity index (χ2v) is 22.7. The van der Waals surface area contributed by atoms with E-state index in [1.807, 2.05) is 27.7 Å². The zero-order valence-corrected chi connectivity index (χ0v) is 38.0. The molecule has 12 nitrogen and oxygen atoms in total. The zero-order chi connectivity index (χ0) is 42.9. The average molecular weight is 793 g/mol. The molecule has 324 valence electrons. The fourth-order valence-corrected chi connectivity index (χ4v) is 10.3. The molecule has 0 amide bonds. The van der Waals surface area contributed by atoms with Gasteiger partial charge in [0.05, 0.1) is 24.7 Å². The van der Waals surface area contributed by atoms with Crippen molar-refractivity contribution in [1.82, 2.24) is 16.0 Å². The van der Waals surface area contributed by atoms with Crippen LogP contribution in [0.5, 0.6) is 0 Å². The third-order valence-corrected chi connectivity index (χ3v) is 11.0. The minimum absolute atomic E-state index is 0.212. The van der Waals surface area contributed by atoms with E-state index in [-0.39, 0.29) is 39.2 Å². The Morgan fingerprint density at radius 1 is 0.571 bits per heavy atom. The molecule has 3 fully saturated rings. The first kappa shape index (κ1) is 48.1. The van der Waals surface area contributed by atoms with Crippen molar-refractivity contribution in [2.24, 2.45) is 23.5 Å². The Morgan fingerprint density at radius 3 is 1.18 bits per heavy atom. The van der Waals surface area contributed by atoms with Crippen molar-refractivity contribution in [3.8, 4) is 0 Å². The standard InChI is InChI=1S/C44H80N4O8/c1-27(2)17-28(20-38(3,4)45)53-34(49)18-32(36(51)55-30-23-41(9,10)47-42(11,12)24-30)33(37(52)56-31-25-43(13,14)48-44(15,16)26-31)19-35(50)54-29-21-39(5,6)46-40(7,8)22-29/h27-33,46-48H,17-26,45H2,1-16H3. The normalized spacial score (nSPS) is 25.0. The SMILES string of the molecule is CC(C)CC(CC(C)(C)N)OC(=O)CC(C(=O)OC1CC(C)(C)NC(C)(C)C1)C(CC(=O)OC1CC(C)(C)NC(C)(C)C1)C(=O)OC1CC(C)(C)NC(C)(C)C1. The number of piperidine rings is 3. The molecule has 3 saturated heterocycles. The molecule has 3 heterocycles. The monoisotopic (exact) mass is 793 g/mol. The summed E-state index contributed by atoms with van der Waals surface area (Å²) in [6.07, 6.45) is 1.41. The van der Waals surface area contributed by atoms with Crippen LogP contribution in [0.3, 0.4) is 0 Å². The first-order chi connectivity index (χ1) is 25.1. The smallest absolute Gasteiger partial charge is 0.310 e. The molecule has 3 aliphatic heterocycles. The van der Waals surface area contributed by atoms with Gasteiger partial charge in [-0.3, -0.25) is 19.2 Å². The molecule has 0 spiro atoms. The van der Waals surface area contributed by atoms with Crippen molar-refractivity contribution in [1.29, 1.82) is 0 Å². The summed E-state index contributed by atoms with van der Waals surface area (Å²) in [6, 6.07) is 0. The molecule has 3 rings (SSSR count). The van der Waals surface area contributed by atoms with Gasteiger partial charge < -0.3 is 40.6 Å². The van der Waals surface area contributed by atoms with Crippen LogP contribution >= 0.6 is 0 Å². The van der Waals surface area contributed by atoms with E-state index >= 15 is 0 Å². The van der Waals surface area contributed by atoms with Crippen LogP contribution in [0.25, 0.3) is 0 Å². The lowest BCUT2D eigenvalue weighted by atomic mass is 9.80. The van der Waals surface area contributed by atoms with Gasteiger partial charge in [-0.1, -0.05) is 13.8 Å². The highest BCUT2D eigenvalue weighted by atomic mass is 16.6. The van der Waals surface area contributed by atoms with Gasteiger partial charge >= 0.3 is 23.9 Å². The summed E-state index contributed by atoms with van der Waals surface area (Å²) >= 11 is 0. The summed E-state index contributed by atoms with van der Waals surface area (Å²) in [4.78, 5) is 57.2. The Balaban J connectivity index is 2.03. The highest BCUT2D eigenvalue weighted by Crippen LogP contribution is 2.36. The second-order valence-electron chi connectivity index (χ2n) is 22.7. The van der Waals surface area contributed by atoms with Crippen molar-refractivity contribution in [2.75, 3.05) is 0 Å². The van der Waals surface area contributed by atoms with E-state index in [1.54, 1.807) is 0 Å². The first-order valence-corrected chi connectivity index (χ1v) is 21.1. The molecule has 0 saturated carbocycles. The van der Waals surface area contributed by atoms with Gasteiger partial charge in [0.25, 0.3) is 0 Å². The molecule has 0 aliphatic carbocycles. The number of nitrogens with two attached hydrogens (primary N) is 1. The minimum atomic E-state index is -1.36. The third kappa shape index (κ3) is 16.2. The molecule has 3 atom stereocenters. The van der Waals surface area contributed by atoms with Gasteiger partial charge in [0, 0.05) is 83.7 Å². The molecule has 12 heteroatoms. The zero-order valence-electron chi connectivity index (χ0n) is 38.0. The van der Waals surface area contributed by atoms with Gasteiger partial charge in [-0.25, -0.2) is 0 Å². The number of hydrogen-bond donors (Lipinski definition) is 4. The molecule has 5 N–H and O–H groups in total. The maximum Gasteiger partial charge on any atom is 0.310 e. The van der Waals surface area contributed by atoms with Gasteiger partial charge in [-0.15, -0.1) is 0 Å². The lowest BCUT2D eigenvalue weighted by molar-refractivity contribution is -0.177. The molecule has 3 unspecified atom stereocenters. The fraction of sp³-hybridized carbons (Fsp3) is 0.909. The van der Waals surface area contributed by atoms with Gasteiger partial charge in [0.2, 0.25) is 0 Å². The van der Waals surface area contributed by atoms with E-state index < -0.39 is 78.5 Å². The van der Waals surface area contributed by atoms with Crippen LogP contribution in [-0.4, -0.2) is 87.1 Å². The van der Waals surface area contributed by atoms with Crippen LogP contribution in [0.4, 0.5) is 0 Å². The van der Waals surface area contributed by atoms with E-state index in [0.29, 0.717) is 51.4 Å². The van der Waals surface area contributed by atoms with Crippen LogP contribution in [-0.2, 0) is 38.1 Å². The number of carbonyl (C=O) groups is 4. The average Bonchev–Trinajstić information content (AvgIpc) is 2.88. The predicted molar refractivity (Wildman–Crippen MR) is 220 cm³/mol. The predicted octanol–water partition coefficient (Wildman–Crippen LogP) is 6.64. The molecule has 3 aliphatic rings. The van der Waals surface area contributed by atoms with Gasteiger partial charge in [0.15, 0.2) is 0 Å². The molecular weight excluding hydrogens is 713 g/mol. The van der Waals surface area contributed by atoms with Crippen molar-refractivity contribution in [3.63, 3.8) is 0 Å². The van der Waals surface area contributed by atoms with Crippen molar-refractivity contribution < 1.29 is 38.1 Å². The number of carbonyl (C=O) groups excluding carboxylic acids is 4. The first-order valence-electron chi connectivity index (χ1n) is 21.1. The Hall–Kier alpha value is -2.28. The molecule has 0 radical (unpaired) electrons. The van der Waals surface area contributed by atoms with Crippen LogP contribution < -0.4 is 21.7 Å². The van der Waals surface area contributed by atoms with Crippen LogP contribution in [0.2, 0.25) is 0 Å². The van der Waals surface area contributed by atoms with Gasteiger partial charge in [-0.05, 0) is 109 Å². The van der Waals surface area contributed by atoms with Crippen molar-refractivity contribution >= 4 is 23.9 Å². The molecule has 0 aromatic rings. The van der Waals surface area contributed by atoms with Crippen LogP contribution in [0.1, 0.15) is 175 Å². The number of esters is 4. The maximum atomic E-state index is 14.6. The summed E-state index contributed by atoms with van der Waals surface area (Å²) in [5.41, 5.74) is 3.81. The van der Waals surface area contributed by atoms with Gasteiger partial charge in [-0.2, -0.15) is 0 Å². The molecule has 0 aromatic heterocycles. The number of rotatable bonds is 15. The van der Waals surface area contributed by atoms with E-state index in [4.69, 9.17) is 24.7 Å². The number of hydrogen-bond acceptors (Lipinski definition) is 12. The van der Waals surface area contributed by atoms with E-state index in [2.05, 4.69) is 99.0 Å². The highest BCUT2D eigenvalue weighted by molar-refractivity contribution is 5.88. The Kier molecular flexibility index (Phi) is 15.0. The Bertz CT molecular complexity index is 1270.